The van der Waals surface area contributed by atoms with Gasteiger partial charge in [0.25, 0.3) is 0 Å². The number of ether oxygens (including phenoxy) is 1. The lowest BCUT2D eigenvalue weighted by molar-refractivity contribution is 0.104. The number of pyridine rings is 1. The first-order valence-corrected chi connectivity index (χ1v) is 9.00. The molecule has 3 rings (SSSR count). The molecule has 1 heterocycles. The second-order valence-corrected chi connectivity index (χ2v) is 6.62. The molecule has 0 atom stereocenters. The molecule has 0 amide bonds. The Morgan fingerprint density at radius 3 is 2.71 bits per heavy atom. The van der Waals surface area contributed by atoms with Crippen molar-refractivity contribution >= 4 is 46.6 Å². The number of hydrogen-bond donors (Lipinski definition) is 2. The Balaban J connectivity index is 1.83. The summed E-state index contributed by atoms with van der Waals surface area (Å²) in [5.41, 5.74) is 1.62. The van der Waals surface area contributed by atoms with E-state index in [2.05, 4.69) is 10.3 Å². The van der Waals surface area contributed by atoms with Gasteiger partial charge in [-0.05, 0) is 54.1 Å². The number of carbonyl (C=O) groups excluding carboxylic acids is 1. The molecule has 3 aromatic rings. The minimum Gasteiger partial charge on any atom is -0.504 e. The molecule has 28 heavy (non-hydrogen) atoms. The van der Waals surface area contributed by atoms with Crippen LogP contribution in [0.4, 0.5) is 11.5 Å². The fourth-order valence-corrected chi connectivity index (χ4v) is 2.95. The zero-order valence-electron chi connectivity index (χ0n) is 14.8. The van der Waals surface area contributed by atoms with Gasteiger partial charge in [-0.2, -0.15) is 0 Å². The molecule has 1 aromatic heterocycles. The number of hydrogen-bond acceptors (Lipinski definition) is 5. The van der Waals surface area contributed by atoms with Crippen molar-refractivity contribution in [1.29, 1.82) is 0 Å². The number of rotatable bonds is 6. The second kappa shape index (κ2) is 8.78. The highest BCUT2D eigenvalue weighted by Gasteiger charge is 2.12. The lowest BCUT2D eigenvalue weighted by atomic mass is 10.1. The minimum atomic E-state index is -0.254. The van der Waals surface area contributed by atoms with E-state index in [1.807, 2.05) is 0 Å². The van der Waals surface area contributed by atoms with Gasteiger partial charge < -0.3 is 15.2 Å². The third-order valence-corrected chi connectivity index (χ3v) is 4.44. The molecule has 7 heteroatoms. The predicted octanol–water partition coefficient (Wildman–Crippen LogP) is 5.74. The minimum absolute atomic E-state index is 0.00165. The number of phenols is 1. The van der Waals surface area contributed by atoms with E-state index in [4.69, 9.17) is 27.9 Å². The zero-order chi connectivity index (χ0) is 20.1. The van der Waals surface area contributed by atoms with Crippen LogP contribution in [0.1, 0.15) is 15.9 Å². The largest absolute Gasteiger partial charge is 0.504 e. The highest BCUT2D eigenvalue weighted by atomic mass is 35.5. The number of methoxy groups -OCH3 is 1. The fourth-order valence-electron chi connectivity index (χ4n) is 2.49. The Kier molecular flexibility index (Phi) is 6.19. The van der Waals surface area contributed by atoms with Crippen LogP contribution in [0.5, 0.6) is 11.5 Å². The van der Waals surface area contributed by atoms with Crippen molar-refractivity contribution in [2.75, 3.05) is 12.4 Å². The molecule has 0 bridgehead atoms. The van der Waals surface area contributed by atoms with Crippen molar-refractivity contribution < 1.29 is 14.6 Å². The van der Waals surface area contributed by atoms with Gasteiger partial charge in [0, 0.05) is 11.2 Å². The van der Waals surface area contributed by atoms with E-state index in [1.54, 1.807) is 54.7 Å². The van der Waals surface area contributed by atoms with Crippen LogP contribution >= 0.6 is 23.2 Å². The van der Waals surface area contributed by atoms with Crippen molar-refractivity contribution in [3.05, 3.63) is 82.0 Å². The molecule has 0 saturated heterocycles. The standard InChI is InChI=1S/C21H16Cl2N2O3/c1-28-20-9-5-13(11-19(20)27)4-8-18(26)15-3-2-10-24-21(15)25-17-7-6-14(22)12-16(17)23/h2-12,27H,1H3,(H,24,25)/b8-4+. The third-order valence-electron chi connectivity index (χ3n) is 3.89. The summed E-state index contributed by atoms with van der Waals surface area (Å²) in [7, 11) is 1.47. The average molecular weight is 415 g/mol. The first-order valence-electron chi connectivity index (χ1n) is 8.24. The molecular weight excluding hydrogens is 399 g/mol. The Morgan fingerprint density at radius 1 is 1.18 bits per heavy atom. The number of phenolic OH excluding ortho intramolecular Hbond substituents is 1. The summed E-state index contributed by atoms with van der Waals surface area (Å²) in [6, 6.07) is 13.2. The van der Waals surface area contributed by atoms with Gasteiger partial charge in [-0.1, -0.05) is 35.3 Å². The average Bonchev–Trinajstić information content (AvgIpc) is 2.69. The van der Waals surface area contributed by atoms with Crippen LogP contribution in [0.3, 0.4) is 0 Å². The lowest BCUT2D eigenvalue weighted by Gasteiger charge is -2.10. The van der Waals surface area contributed by atoms with Crippen LogP contribution in [-0.4, -0.2) is 23.0 Å². The number of nitrogens with zero attached hydrogens (tertiary/aromatic N) is 1. The summed E-state index contributed by atoms with van der Waals surface area (Å²) >= 11 is 12.1. The van der Waals surface area contributed by atoms with E-state index >= 15 is 0 Å². The van der Waals surface area contributed by atoms with Gasteiger partial charge in [0.1, 0.15) is 5.82 Å². The topological polar surface area (TPSA) is 71.5 Å². The molecule has 0 saturated carbocycles. The van der Waals surface area contributed by atoms with Crippen molar-refractivity contribution in [3.8, 4) is 11.5 Å². The van der Waals surface area contributed by atoms with Crippen molar-refractivity contribution in [1.82, 2.24) is 4.98 Å². The van der Waals surface area contributed by atoms with E-state index in [-0.39, 0.29) is 11.5 Å². The number of halogens is 2. The second-order valence-electron chi connectivity index (χ2n) is 5.78. The van der Waals surface area contributed by atoms with E-state index < -0.39 is 0 Å². The SMILES string of the molecule is COc1ccc(/C=C/C(=O)c2cccnc2Nc2ccc(Cl)cc2Cl)cc1O. The Morgan fingerprint density at radius 2 is 2.00 bits per heavy atom. The van der Waals surface area contributed by atoms with E-state index in [1.165, 1.54) is 19.3 Å². The van der Waals surface area contributed by atoms with Crippen molar-refractivity contribution in [2.45, 2.75) is 0 Å². The number of anilines is 2. The maximum absolute atomic E-state index is 12.7. The highest BCUT2D eigenvalue weighted by Crippen LogP contribution is 2.29. The number of aromatic nitrogens is 1. The van der Waals surface area contributed by atoms with Crippen LogP contribution in [0, 0.1) is 0 Å². The molecule has 0 unspecified atom stereocenters. The van der Waals surface area contributed by atoms with Gasteiger partial charge >= 0.3 is 0 Å². The lowest BCUT2D eigenvalue weighted by Crippen LogP contribution is -2.03. The molecule has 5 nitrogen and oxygen atoms in total. The smallest absolute Gasteiger partial charge is 0.189 e. The Hall–Kier alpha value is -3.02. The van der Waals surface area contributed by atoms with Gasteiger partial charge in [-0.3, -0.25) is 4.79 Å². The number of benzene rings is 2. The predicted molar refractivity (Wildman–Crippen MR) is 112 cm³/mol. The van der Waals surface area contributed by atoms with Crippen molar-refractivity contribution in [2.24, 2.45) is 0 Å². The highest BCUT2D eigenvalue weighted by molar-refractivity contribution is 6.36. The van der Waals surface area contributed by atoms with Crippen molar-refractivity contribution in [3.63, 3.8) is 0 Å². The van der Waals surface area contributed by atoms with E-state index in [0.717, 1.165) is 0 Å². The molecule has 0 aliphatic heterocycles. The first-order chi connectivity index (χ1) is 13.5. The summed E-state index contributed by atoms with van der Waals surface area (Å²) in [4.78, 5) is 16.9. The quantitative estimate of drug-likeness (QED) is 0.397. The Bertz CT molecular complexity index is 1050. The molecule has 0 fully saturated rings. The fraction of sp³-hybridized carbons (Fsp3) is 0.0476. The molecule has 0 aliphatic carbocycles. The van der Waals surface area contributed by atoms with E-state index in [9.17, 15) is 9.90 Å². The summed E-state index contributed by atoms with van der Waals surface area (Å²) in [5.74, 6) is 0.482. The summed E-state index contributed by atoms with van der Waals surface area (Å²) in [5, 5.41) is 13.8. The number of carbonyl (C=O) groups is 1. The zero-order valence-corrected chi connectivity index (χ0v) is 16.3. The van der Waals surface area contributed by atoms with Crippen LogP contribution < -0.4 is 10.1 Å². The molecule has 142 valence electrons. The van der Waals surface area contributed by atoms with Gasteiger partial charge in [-0.15, -0.1) is 0 Å². The summed E-state index contributed by atoms with van der Waals surface area (Å²) < 4.78 is 5.01. The Labute approximate surface area is 172 Å². The molecule has 0 aliphatic rings. The van der Waals surface area contributed by atoms with Crippen LogP contribution in [0.25, 0.3) is 6.08 Å². The number of allylic oxidation sites excluding steroid dienone is 1. The van der Waals surface area contributed by atoms with Crippen LogP contribution in [0.15, 0.2) is 60.8 Å². The number of aromatic hydroxyl groups is 1. The molecular formula is C21H16Cl2N2O3. The maximum atomic E-state index is 12.7. The number of nitrogens with one attached hydrogen (secondary N) is 1. The van der Waals surface area contributed by atoms with Crippen LogP contribution in [0.2, 0.25) is 10.0 Å². The van der Waals surface area contributed by atoms with E-state index in [0.29, 0.717) is 38.4 Å². The third kappa shape index (κ3) is 4.63. The summed E-state index contributed by atoms with van der Waals surface area (Å²) in [6.45, 7) is 0. The van der Waals surface area contributed by atoms with Gasteiger partial charge in [-0.25, -0.2) is 4.98 Å². The molecule has 2 N–H and O–H groups in total. The molecule has 0 radical (unpaired) electrons. The van der Waals surface area contributed by atoms with Gasteiger partial charge in [0.05, 0.1) is 23.4 Å². The monoisotopic (exact) mass is 414 g/mol. The molecule has 0 spiro atoms. The van der Waals surface area contributed by atoms with Crippen LogP contribution in [-0.2, 0) is 0 Å². The maximum Gasteiger partial charge on any atom is 0.189 e. The number of ketones is 1. The van der Waals surface area contributed by atoms with Gasteiger partial charge in [0.2, 0.25) is 0 Å². The first kappa shape index (κ1) is 19.7. The molecule has 2 aromatic carbocycles. The normalized spacial score (nSPS) is 10.8. The summed E-state index contributed by atoms with van der Waals surface area (Å²) in [6.07, 6.45) is 4.59. The van der Waals surface area contributed by atoms with Gasteiger partial charge in [0.15, 0.2) is 17.3 Å².